The number of rotatable bonds is 5. The molecule has 2 aromatic carbocycles. The third-order valence-corrected chi connectivity index (χ3v) is 4.10. The van der Waals surface area contributed by atoms with Crippen molar-refractivity contribution in [3.05, 3.63) is 71.4 Å². The Balaban J connectivity index is 1.63. The van der Waals surface area contributed by atoms with Gasteiger partial charge in [-0.1, -0.05) is 42.5 Å². The highest BCUT2D eigenvalue weighted by atomic mass is 14.9. The molecule has 1 unspecified atom stereocenters. The fraction of sp³-hybridized carbons (Fsp3) is 0.263. The normalized spacial score (nSPS) is 12.7. The first kappa shape index (κ1) is 13.9. The van der Waals surface area contributed by atoms with Crippen LogP contribution in [0.15, 0.2) is 54.7 Å². The maximum absolute atomic E-state index is 3.63. The molecule has 2 nitrogen and oxygen atoms in total. The van der Waals surface area contributed by atoms with Crippen molar-refractivity contribution in [2.75, 3.05) is 0 Å². The van der Waals surface area contributed by atoms with Crippen molar-refractivity contribution < 1.29 is 0 Å². The van der Waals surface area contributed by atoms with Crippen molar-refractivity contribution in [1.82, 2.24) is 10.3 Å². The van der Waals surface area contributed by atoms with Crippen LogP contribution in [-0.2, 0) is 13.0 Å². The molecule has 2 N–H and O–H groups in total. The lowest BCUT2D eigenvalue weighted by atomic mass is 10.0. The molecule has 0 aliphatic heterocycles. The van der Waals surface area contributed by atoms with Gasteiger partial charge in [0.25, 0.3) is 0 Å². The van der Waals surface area contributed by atoms with Crippen LogP contribution in [0.1, 0.15) is 23.6 Å². The van der Waals surface area contributed by atoms with E-state index in [9.17, 15) is 0 Å². The van der Waals surface area contributed by atoms with Gasteiger partial charge in [-0.2, -0.15) is 0 Å². The fourth-order valence-electron chi connectivity index (χ4n) is 2.80. The molecule has 0 spiro atoms. The summed E-state index contributed by atoms with van der Waals surface area (Å²) in [6.07, 6.45) is 3.17. The SMILES string of the molecule is Cc1ccccc1CC(C)NCc1c[nH]c2ccccc12. The number of nitrogens with one attached hydrogen (secondary N) is 2. The Morgan fingerprint density at radius 3 is 2.62 bits per heavy atom. The number of benzene rings is 2. The van der Waals surface area contributed by atoms with Gasteiger partial charge in [-0.25, -0.2) is 0 Å². The molecule has 0 amide bonds. The number of aryl methyl sites for hydroxylation is 1. The van der Waals surface area contributed by atoms with Crippen LogP contribution in [0, 0.1) is 6.92 Å². The zero-order valence-corrected chi connectivity index (χ0v) is 12.7. The van der Waals surface area contributed by atoms with Crippen LogP contribution in [0.3, 0.4) is 0 Å². The van der Waals surface area contributed by atoms with Crippen LogP contribution < -0.4 is 5.32 Å². The highest BCUT2D eigenvalue weighted by molar-refractivity contribution is 5.82. The minimum atomic E-state index is 0.458. The number of aromatic amines is 1. The maximum atomic E-state index is 3.63. The molecule has 1 aromatic heterocycles. The Morgan fingerprint density at radius 2 is 1.76 bits per heavy atom. The van der Waals surface area contributed by atoms with Gasteiger partial charge in [0.1, 0.15) is 0 Å². The van der Waals surface area contributed by atoms with E-state index in [2.05, 4.69) is 78.9 Å². The molecular formula is C19H22N2. The molecule has 0 saturated carbocycles. The molecule has 0 radical (unpaired) electrons. The summed E-state index contributed by atoms with van der Waals surface area (Å²) in [5.41, 5.74) is 5.35. The van der Waals surface area contributed by atoms with Gasteiger partial charge in [0, 0.05) is 29.7 Å². The summed E-state index contributed by atoms with van der Waals surface area (Å²) in [4.78, 5) is 3.33. The van der Waals surface area contributed by atoms with Crippen LogP contribution in [0.25, 0.3) is 10.9 Å². The Morgan fingerprint density at radius 1 is 1.00 bits per heavy atom. The van der Waals surface area contributed by atoms with Gasteiger partial charge in [-0.15, -0.1) is 0 Å². The first-order chi connectivity index (χ1) is 10.2. The quantitative estimate of drug-likeness (QED) is 0.719. The van der Waals surface area contributed by atoms with Gasteiger partial charge in [0.15, 0.2) is 0 Å². The van der Waals surface area contributed by atoms with Crippen LogP contribution in [-0.4, -0.2) is 11.0 Å². The van der Waals surface area contributed by atoms with E-state index in [0.717, 1.165) is 13.0 Å². The second-order valence-corrected chi connectivity index (χ2v) is 5.77. The zero-order valence-electron chi connectivity index (χ0n) is 12.7. The van der Waals surface area contributed by atoms with E-state index in [1.165, 1.54) is 27.6 Å². The van der Waals surface area contributed by atoms with Crippen LogP contribution in [0.2, 0.25) is 0 Å². The van der Waals surface area contributed by atoms with E-state index in [4.69, 9.17) is 0 Å². The largest absolute Gasteiger partial charge is 0.361 e. The topological polar surface area (TPSA) is 27.8 Å². The van der Waals surface area contributed by atoms with E-state index in [-0.39, 0.29) is 0 Å². The average Bonchev–Trinajstić information content (AvgIpc) is 2.91. The highest BCUT2D eigenvalue weighted by Gasteiger charge is 2.07. The molecule has 0 bridgehead atoms. The molecule has 21 heavy (non-hydrogen) atoms. The third-order valence-electron chi connectivity index (χ3n) is 4.10. The molecule has 3 aromatic rings. The van der Waals surface area contributed by atoms with Crippen molar-refractivity contribution >= 4 is 10.9 Å². The molecule has 1 heterocycles. The van der Waals surface area contributed by atoms with Crippen molar-refractivity contribution in [2.24, 2.45) is 0 Å². The summed E-state index contributed by atoms with van der Waals surface area (Å²) in [5, 5.41) is 4.95. The van der Waals surface area contributed by atoms with Gasteiger partial charge >= 0.3 is 0 Å². The second kappa shape index (κ2) is 6.15. The van der Waals surface area contributed by atoms with Gasteiger partial charge < -0.3 is 10.3 Å². The number of hydrogen-bond acceptors (Lipinski definition) is 1. The first-order valence-corrected chi connectivity index (χ1v) is 7.57. The number of aromatic nitrogens is 1. The Kier molecular flexibility index (Phi) is 4.07. The molecule has 0 aliphatic rings. The number of H-pyrrole nitrogens is 1. The maximum Gasteiger partial charge on any atom is 0.0457 e. The minimum absolute atomic E-state index is 0.458. The summed E-state index contributed by atoms with van der Waals surface area (Å²) in [6, 6.07) is 17.5. The molecular weight excluding hydrogens is 256 g/mol. The molecule has 1 atom stereocenters. The predicted molar refractivity (Wildman–Crippen MR) is 89.5 cm³/mol. The first-order valence-electron chi connectivity index (χ1n) is 7.57. The molecule has 108 valence electrons. The third kappa shape index (κ3) is 3.17. The molecule has 0 aliphatic carbocycles. The van der Waals surface area contributed by atoms with Crippen molar-refractivity contribution in [3.8, 4) is 0 Å². The van der Waals surface area contributed by atoms with Gasteiger partial charge in [0.05, 0.1) is 0 Å². The summed E-state index contributed by atoms with van der Waals surface area (Å²) in [7, 11) is 0. The van der Waals surface area contributed by atoms with E-state index in [1.807, 2.05) is 0 Å². The lowest BCUT2D eigenvalue weighted by molar-refractivity contribution is 0.546. The number of fused-ring (bicyclic) bond motifs is 1. The van der Waals surface area contributed by atoms with Crippen molar-refractivity contribution in [3.63, 3.8) is 0 Å². The summed E-state index contributed by atoms with van der Waals surface area (Å²) in [6.45, 7) is 5.33. The minimum Gasteiger partial charge on any atom is -0.361 e. The lowest BCUT2D eigenvalue weighted by Crippen LogP contribution is -2.27. The molecule has 0 saturated heterocycles. The summed E-state index contributed by atoms with van der Waals surface area (Å²) < 4.78 is 0. The van der Waals surface area contributed by atoms with Crippen LogP contribution in [0.5, 0.6) is 0 Å². The monoisotopic (exact) mass is 278 g/mol. The van der Waals surface area contributed by atoms with Crippen LogP contribution >= 0.6 is 0 Å². The molecule has 0 fully saturated rings. The van der Waals surface area contributed by atoms with E-state index in [1.54, 1.807) is 0 Å². The van der Waals surface area contributed by atoms with Gasteiger partial charge in [-0.3, -0.25) is 0 Å². The van der Waals surface area contributed by atoms with E-state index >= 15 is 0 Å². The van der Waals surface area contributed by atoms with E-state index in [0.29, 0.717) is 6.04 Å². The Labute approximate surface area is 126 Å². The van der Waals surface area contributed by atoms with Gasteiger partial charge in [0.2, 0.25) is 0 Å². The molecule has 3 rings (SSSR count). The Hall–Kier alpha value is -2.06. The predicted octanol–water partition coefficient (Wildman–Crippen LogP) is 4.20. The second-order valence-electron chi connectivity index (χ2n) is 5.77. The lowest BCUT2D eigenvalue weighted by Gasteiger charge is -2.15. The number of para-hydroxylation sites is 1. The van der Waals surface area contributed by atoms with E-state index < -0.39 is 0 Å². The Bertz CT molecular complexity index is 727. The summed E-state index contributed by atoms with van der Waals surface area (Å²) >= 11 is 0. The van der Waals surface area contributed by atoms with Crippen molar-refractivity contribution in [1.29, 1.82) is 0 Å². The van der Waals surface area contributed by atoms with Gasteiger partial charge in [-0.05, 0) is 43.0 Å². The van der Waals surface area contributed by atoms with Crippen LogP contribution in [0.4, 0.5) is 0 Å². The molecule has 2 heteroatoms. The zero-order chi connectivity index (χ0) is 14.7. The average molecular weight is 278 g/mol. The number of hydrogen-bond donors (Lipinski definition) is 2. The summed E-state index contributed by atoms with van der Waals surface area (Å²) in [5.74, 6) is 0. The fourth-order valence-corrected chi connectivity index (χ4v) is 2.80. The highest BCUT2D eigenvalue weighted by Crippen LogP contribution is 2.17. The smallest absolute Gasteiger partial charge is 0.0457 e. The van der Waals surface area contributed by atoms with Crippen molar-refractivity contribution in [2.45, 2.75) is 32.9 Å². The standard InChI is InChI=1S/C19H22N2/c1-14-7-3-4-8-16(14)11-15(2)20-12-17-13-21-19-10-6-5-9-18(17)19/h3-10,13,15,20-21H,11-12H2,1-2H3.